The number of hydrogen-bond acceptors (Lipinski definition) is 2. The van der Waals surface area contributed by atoms with Crippen molar-refractivity contribution in [3.8, 4) is 0 Å². The van der Waals surface area contributed by atoms with Crippen LogP contribution < -0.4 is 10.6 Å². The predicted octanol–water partition coefficient (Wildman–Crippen LogP) is 1.13. The molecule has 2 unspecified atom stereocenters. The molecule has 1 saturated heterocycles. The van der Waals surface area contributed by atoms with Crippen molar-refractivity contribution < 1.29 is 0 Å². The molecule has 1 aliphatic rings. The largest absolute Gasteiger partial charge is 0.311 e. The zero-order chi connectivity index (χ0) is 8.10. The van der Waals surface area contributed by atoms with Crippen LogP contribution in [-0.2, 0) is 0 Å². The molecule has 0 aliphatic carbocycles. The van der Waals surface area contributed by atoms with Crippen molar-refractivity contribution in [1.29, 1.82) is 0 Å². The second-order valence-corrected chi connectivity index (χ2v) is 3.45. The van der Waals surface area contributed by atoms with Gasteiger partial charge < -0.3 is 10.6 Å². The molecule has 1 aliphatic heterocycles. The van der Waals surface area contributed by atoms with Crippen LogP contribution in [0.2, 0.25) is 0 Å². The topological polar surface area (TPSA) is 24.1 Å². The molecule has 0 aromatic heterocycles. The smallest absolute Gasteiger partial charge is 0.0219 e. The molecular weight excluding hydrogens is 136 g/mol. The van der Waals surface area contributed by atoms with E-state index in [1.807, 2.05) is 0 Å². The molecule has 1 rings (SSSR count). The third kappa shape index (κ3) is 2.80. The van der Waals surface area contributed by atoms with Gasteiger partial charge in [-0.15, -0.1) is 0 Å². The highest BCUT2D eigenvalue weighted by atomic mass is 15.1. The van der Waals surface area contributed by atoms with Crippen molar-refractivity contribution in [2.75, 3.05) is 13.1 Å². The van der Waals surface area contributed by atoms with Crippen LogP contribution in [0.15, 0.2) is 0 Å². The molecular formula is C9H20N2. The van der Waals surface area contributed by atoms with Crippen LogP contribution in [0.3, 0.4) is 0 Å². The maximum Gasteiger partial charge on any atom is 0.0219 e. The first-order valence-electron chi connectivity index (χ1n) is 4.81. The minimum absolute atomic E-state index is 0.662. The number of unbranched alkanes of at least 4 members (excludes halogenated alkanes) is 1. The van der Waals surface area contributed by atoms with Gasteiger partial charge in [0.2, 0.25) is 0 Å². The van der Waals surface area contributed by atoms with Gasteiger partial charge in [-0.25, -0.2) is 0 Å². The number of nitrogens with one attached hydrogen (secondary N) is 2. The molecule has 0 bridgehead atoms. The van der Waals surface area contributed by atoms with E-state index < -0.39 is 0 Å². The highest BCUT2D eigenvalue weighted by molar-refractivity contribution is 4.82. The summed E-state index contributed by atoms with van der Waals surface area (Å²) in [6.07, 6.45) is 3.99. The van der Waals surface area contributed by atoms with Gasteiger partial charge in [0.25, 0.3) is 0 Å². The number of rotatable bonds is 3. The van der Waals surface area contributed by atoms with Gasteiger partial charge >= 0.3 is 0 Å². The normalized spacial score (nSPS) is 32.2. The van der Waals surface area contributed by atoms with Crippen LogP contribution in [0, 0.1) is 0 Å². The first-order chi connectivity index (χ1) is 5.34. The molecule has 0 aromatic carbocycles. The standard InChI is InChI=1S/C9H20N2/c1-3-4-5-9-8(2)10-6-7-11-9/h8-11H,3-7H2,1-2H3. The summed E-state index contributed by atoms with van der Waals surface area (Å²) in [5, 5.41) is 7.02. The van der Waals surface area contributed by atoms with Gasteiger partial charge in [-0.05, 0) is 13.3 Å². The van der Waals surface area contributed by atoms with E-state index in [2.05, 4.69) is 24.5 Å². The van der Waals surface area contributed by atoms with Crippen molar-refractivity contribution in [1.82, 2.24) is 10.6 Å². The van der Waals surface area contributed by atoms with Crippen LogP contribution in [0.1, 0.15) is 33.1 Å². The molecule has 1 fully saturated rings. The second kappa shape index (κ2) is 4.73. The SMILES string of the molecule is CCCCC1NCCNC1C. The van der Waals surface area contributed by atoms with Crippen molar-refractivity contribution in [3.63, 3.8) is 0 Å². The van der Waals surface area contributed by atoms with Crippen molar-refractivity contribution in [2.24, 2.45) is 0 Å². The summed E-state index contributed by atoms with van der Waals surface area (Å²) < 4.78 is 0. The summed E-state index contributed by atoms with van der Waals surface area (Å²) in [7, 11) is 0. The highest BCUT2D eigenvalue weighted by Crippen LogP contribution is 2.06. The lowest BCUT2D eigenvalue weighted by Crippen LogP contribution is -2.54. The Kier molecular flexibility index (Phi) is 3.87. The van der Waals surface area contributed by atoms with Gasteiger partial charge in [-0.2, -0.15) is 0 Å². The third-order valence-corrected chi connectivity index (χ3v) is 2.47. The molecule has 2 atom stereocenters. The van der Waals surface area contributed by atoms with Crippen molar-refractivity contribution in [2.45, 2.75) is 45.2 Å². The zero-order valence-electron chi connectivity index (χ0n) is 7.69. The fourth-order valence-corrected chi connectivity index (χ4v) is 1.65. The van der Waals surface area contributed by atoms with Crippen LogP contribution in [0.5, 0.6) is 0 Å². The minimum atomic E-state index is 0.662. The lowest BCUT2D eigenvalue weighted by Gasteiger charge is -2.31. The quantitative estimate of drug-likeness (QED) is 0.640. The lowest BCUT2D eigenvalue weighted by molar-refractivity contribution is 0.318. The van der Waals surface area contributed by atoms with Crippen LogP contribution >= 0.6 is 0 Å². The number of hydrogen-bond donors (Lipinski definition) is 2. The Morgan fingerprint density at radius 3 is 2.64 bits per heavy atom. The van der Waals surface area contributed by atoms with Gasteiger partial charge in [0.15, 0.2) is 0 Å². The first-order valence-corrected chi connectivity index (χ1v) is 4.81. The average Bonchev–Trinajstić information content (AvgIpc) is 2.03. The maximum absolute atomic E-state index is 3.54. The molecule has 0 saturated carbocycles. The molecule has 2 N–H and O–H groups in total. The fraction of sp³-hybridized carbons (Fsp3) is 1.00. The van der Waals surface area contributed by atoms with E-state index in [0.717, 1.165) is 13.1 Å². The van der Waals surface area contributed by atoms with E-state index in [4.69, 9.17) is 0 Å². The second-order valence-electron chi connectivity index (χ2n) is 3.45. The van der Waals surface area contributed by atoms with E-state index in [0.29, 0.717) is 12.1 Å². The van der Waals surface area contributed by atoms with Gasteiger partial charge in [-0.1, -0.05) is 19.8 Å². The molecule has 0 amide bonds. The molecule has 0 aromatic rings. The predicted molar refractivity (Wildman–Crippen MR) is 48.8 cm³/mol. The number of piperazine rings is 1. The molecule has 2 nitrogen and oxygen atoms in total. The van der Waals surface area contributed by atoms with E-state index in [1.54, 1.807) is 0 Å². The molecule has 66 valence electrons. The molecule has 2 heteroatoms. The minimum Gasteiger partial charge on any atom is -0.311 e. The van der Waals surface area contributed by atoms with E-state index in [1.165, 1.54) is 19.3 Å². The monoisotopic (exact) mass is 156 g/mol. The van der Waals surface area contributed by atoms with Crippen LogP contribution in [0.25, 0.3) is 0 Å². The summed E-state index contributed by atoms with van der Waals surface area (Å²) >= 11 is 0. The van der Waals surface area contributed by atoms with Gasteiger partial charge in [0, 0.05) is 25.2 Å². The Labute approximate surface area is 69.8 Å². The summed E-state index contributed by atoms with van der Waals surface area (Å²) in [5.74, 6) is 0. The van der Waals surface area contributed by atoms with E-state index in [9.17, 15) is 0 Å². The van der Waals surface area contributed by atoms with Crippen LogP contribution in [-0.4, -0.2) is 25.2 Å². The fourth-order valence-electron chi connectivity index (χ4n) is 1.65. The molecule has 0 spiro atoms. The van der Waals surface area contributed by atoms with Gasteiger partial charge in [0.05, 0.1) is 0 Å². The van der Waals surface area contributed by atoms with Gasteiger partial charge in [-0.3, -0.25) is 0 Å². The maximum atomic E-state index is 3.54. The highest BCUT2D eigenvalue weighted by Gasteiger charge is 2.18. The Morgan fingerprint density at radius 1 is 1.27 bits per heavy atom. The summed E-state index contributed by atoms with van der Waals surface area (Å²) in [6, 6.07) is 1.37. The van der Waals surface area contributed by atoms with E-state index in [-0.39, 0.29) is 0 Å². The van der Waals surface area contributed by atoms with E-state index >= 15 is 0 Å². The third-order valence-electron chi connectivity index (χ3n) is 2.47. The Morgan fingerprint density at radius 2 is 2.00 bits per heavy atom. The molecule has 1 heterocycles. The summed E-state index contributed by atoms with van der Waals surface area (Å²) in [4.78, 5) is 0. The zero-order valence-corrected chi connectivity index (χ0v) is 7.69. The first kappa shape index (κ1) is 9.01. The molecule has 0 radical (unpaired) electrons. The van der Waals surface area contributed by atoms with Gasteiger partial charge in [0.1, 0.15) is 0 Å². The average molecular weight is 156 g/mol. The van der Waals surface area contributed by atoms with Crippen LogP contribution in [0.4, 0.5) is 0 Å². The Balaban J connectivity index is 2.18. The summed E-state index contributed by atoms with van der Waals surface area (Å²) in [6.45, 7) is 6.79. The molecule has 11 heavy (non-hydrogen) atoms. The summed E-state index contributed by atoms with van der Waals surface area (Å²) in [5.41, 5.74) is 0. The van der Waals surface area contributed by atoms with Crippen molar-refractivity contribution >= 4 is 0 Å². The van der Waals surface area contributed by atoms with Crippen molar-refractivity contribution in [3.05, 3.63) is 0 Å². The lowest BCUT2D eigenvalue weighted by atomic mass is 10.0. The Bertz CT molecular complexity index is 104. The Hall–Kier alpha value is -0.0800.